The topological polar surface area (TPSA) is 109 Å². The van der Waals surface area contributed by atoms with E-state index in [4.69, 9.17) is 29.9 Å². The summed E-state index contributed by atoms with van der Waals surface area (Å²) in [5, 5.41) is 1.77. The Morgan fingerprint density at radius 3 is 0.921 bits per heavy atom. The molecule has 0 saturated carbocycles. The minimum Gasteiger partial charge on any atom is -0.354 e. The predicted molar refractivity (Wildman–Crippen MR) is 319 cm³/mol. The van der Waals surface area contributed by atoms with Gasteiger partial charge in [-0.3, -0.25) is 9.97 Å². The maximum absolute atomic E-state index is 5.85. The van der Waals surface area contributed by atoms with Gasteiger partial charge in [0.05, 0.1) is 55.9 Å². The maximum Gasteiger partial charge on any atom is 0.116 e. The van der Waals surface area contributed by atoms with E-state index in [0.717, 1.165) is 155 Å². The van der Waals surface area contributed by atoms with Gasteiger partial charge < -0.3 is 9.97 Å². The summed E-state index contributed by atoms with van der Waals surface area (Å²) in [6.45, 7) is 26.4. The highest BCUT2D eigenvalue weighted by Crippen LogP contribution is 2.46. The molecule has 0 aliphatic carbocycles. The first-order chi connectivity index (χ1) is 36.6. The van der Waals surface area contributed by atoms with Crippen molar-refractivity contribution in [2.24, 2.45) is 0 Å². The second-order valence-corrected chi connectivity index (χ2v) is 21.6. The lowest BCUT2D eigenvalue weighted by Crippen LogP contribution is -1.96. The quantitative estimate of drug-likeness (QED) is 0.170. The van der Waals surface area contributed by atoms with E-state index in [0.29, 0.717) is 0 Å². The maximum atomic E-state index is 5.85. The smallest absolute Gasteiger partial charge is 0.116 e. The average Bonchev–Trinajstić information content (AvgIpc) is 4.25. The third-order valence-corrected chi connectivity index (χ3v) is 15.7. The highest BCUT2D eigenvalue weighted by Gasteiger charge is 2.27. The molecule has 8 heterocycles. The van der Waals surface area contributed by atoms with E-state index in [1.165, 1.54) is 44.5 Å². The molecule has 0 radical (unpaired) electrons. The Labute approximate surface area is 442 Å². The lowest BCUT2D eigenvalue weighted by molar-refractivity contribution is 1.27. The number of aromatic nitrogens is 8. The van der Waals surface area contributed by atoms with Crippen LogP contribution in [-0.2, 0) is 0 Å². The van der Waals surface area contributed by atoms with E-state index in [9.17, 15) is 0 Å². The minimum absolute atomic E-state index is 0.729. The molecular weight excluding hydrogens is 929 g/mol. The third-order valence-electron chi connectivity index (χ3n) is 15.7. The van der Waals surface area contributed by atoms with E-state index in [2.05, 4.69) is 190 Å². The summed E-state index contributed by atoms with van der Waals surface area (Å²) in [6, 6.07) is 30.8. The molecule has 0 spiro atoms. The van der Waals surface area contributed by atoms with Crippen molar-refractivity contribution in [2.45, 2.75) is 83.1 Å². The van der Waals surface area contributed by atoms with Crippen LogP contribution in [0.2, 0.25) is 0 Å². The summed E-state index contributed by atoms with van der Waals surface area (Å²) >= 11 is 0. The van der Waals surface area contributed by atoms with E-state index >= 15 is 0 Å². The number of aromatic amines is 2. The van der Waals surface area contributed by atoms with Gasteiger partial charge in [-0.2, -0.15) is 0 Å². The van der Waals surface area contributed by atoms with Crippen molar-refractivity contribution in [3.8, 4) is 44.5 Å². The summed E-state index contributed by atoms with van der Waals surface area (Å²) in [4.78, 5) is 41.4. The highest BCUT2D eigenvalue weighted by atomic mass is 14.9. The van der Waals surface area contributed by atoms with E-state index in [1.54, 1.807) is 0 Å². The van der Waals surface area contributed by atoms with Gasteiger partial charge in [0.2, 0.25) is 0 Å². The van der Waals surface area contributed by atoms with Crippen molar-refractivity contribution >= 4 is 90.2 Å². The summed E-state index contributed by atoms with van der Waals surface area (Å²) in [5.74, 6) is 0. The first kappa shape index (κ1) is 46.9. The van der Waals surface area contributed by atoms with Crippen LogP contribution >= 0.6 is 0 Å². The number of aryl methyl sites for hydroxylation is 12. The first-order valence-electron chi connectivity index (χ1n) is 26.3. The molecule has 2 N–H and O–H groups in total. The van der Waals surface area contributed by atoms with E-state index < -0.39 is 0 Å². The van der Waals surface area contributed by atoms with E-state index in [-0.39, 0.29) is 0 Å². The van der Waals surface area contributed by atoms with Gasteiger partial charge in [0, 0.05) is 56.5 Å². The number of hydrogen-bond acceptors (Lipinski definition) is 6. The van der Waals surface area contributed by atoms with Crippen LogP contribution in [0.5, 0.6) is 0 Å². The van der Waals surface area contributed by atoms with Gasteiger partial charge in [-0.25, -0.2) is 19.9 Å². The van der Waals surface area contributed by atoms with Crippen LogP contribution in [0.4, 0.5) is 0 Å². The molecule has 0 saturated heterocycles. The van der Waals surface area contributed by atoms with Crippen molar-refractivity contribution in [1.29, 1.82) is 0 Å². The molecule has 370 valence electrons. The fourth-order valence-electron chi connectivity index (χ4n) is 13.2. The molecule has 2 aliphatic rings. The van der Waals surface area contributed by atoms with Gasteiger partial charge in [0.1, 0.15) is 11.0 Å². The predicted octanol–water partition coefficient (Wildman–Crippen LogP) is 17.2. The van der Waals surface area contributed by atoms with Crippen LogP contribution in [0.15, 0.2) is 97.3 Å². The summed E-state index contributed by atoms with van der Waals surface area (Å²) in [5.41, 5.74) is 34.1. The van der Waals surface area contributed by atoms with Crippen molar-refractivity contribution in [3.05, 3.63) is 187 Å². The lowest BCUT2D eigenvalue weighted by atomic mass is 9.92. The number of pyridine rings is 2. The Hall–Kier alpha value is -8.88. The van der Waals surface area contributed by atoms with Gasteiger partial charge in [-0.15, -0.1) is 0 Å². The first-order valence-corrected chi connectivity index (χ1v) is 26.3. The molecule has 8 heteroatoms. The molecule has 13 rings (SSSR count). The van der Waals surface area contributed by atoms with Crippen LogP contribution in [0.1, 0.15) is 89.5 Å². The number of benzene rings is 5. The second kappa shape index (κ2) is 17.4. The van der Waals surface area contributed by atoms with Gasteiger partial charge in [-0.1, -0.05) is 70.8 Å². The molecule has 76 heavy (non-hydrogen) atoms. The Balaban J connectivity index is 1.36. The monoisotopic (exact) mass is 986 g/mol. The van der Waals surface area contributed by atoms with Gasteiger partial charge >= 0.3 is 0 Å². The van der Waals surface area contributed by atoms with Crippen LogP contribution < -0.4 is 0 Å². The molecule has 0 amide bonds. The molecule has 11 aromatic rings. The molecule has 6 aromatic heterocycles. The standard InChI is InChI=1S/C68H58N8/c1-33-25-37(5)53(38(6)26-33)57-47-17-18-48(71-47)58(54-39(7)27-34(2)28-40(54)8)50-20-22-52(73-50)60(56-43(11)31-36(4)32-44(56)12)66-68-67(74-63-45-15-13-23-69-61(45)62-46(64(63)75-68)16-14-24-70-62)65(76-66)59(51-21-19-49(57)72-51)55-41(9)29-35(3)30-42(55)10/h13-32,71,76H,1-12H3. The summed E-state index contributed by atoms with van der Waals surface area (Å²) < 4.78 is 0. The summed E-state index contributed by atoms with van der Waals surface area (Å²) in [6.07, 6.45) is 12.5. The zero-order valence-electron chi connectivity index (χ0n) is 45.2. The Morgan fingerprint density at radius 2 is 0.592 bits per heavy atom. The van der Waals surface area contributed by atoms with Gasteiger partial charge in [0.15, 0.2) is 0 Å². The second-order valence-electron chi connectivity index (χ2n) is 21.6. The fraction of sp³-hybridized carbons (Fsp3) is 0.176. The molecule has 0 fully saturated rings. The normalized spacial score (nSPS) is 12.4. The number of nitrogens with zero attached hydrogens (tertiary/aromatic N) is 6. The number of H-pyrrole nitrogens is 2. The van der Waals surface area contributed by atoms with Gasteiger partial charge in [0.25, 0.3) is 0 Å². The van der Waals surface area contributed by atoms with Crippen LogP contribution in [0.25, 0.3) is 135 Å². The number of hydrogen-bond donors (Lipinski definition) is 2. The van der Waals surface area contributed by atoms with Crippen molar-refractivity contribution in [3.63, 3.8) is 0 Å². The number of rotatable bonds is 4. The number of fused-ring (bicyclic) bond motifs is 17. The largest absolute Gasteiger partial charge is 0.354 e. The molecule has 0 atom stereocenters. The molecule has 2 aliphatic heterocycles. The van der Waals surface area contributed by atoms with Crippen molar-refractivity contribution in [1.82, 2.24) is 39.9 Å². The molecule has 5 aromatic carbocycles. The Bertz CT molecular complexity index is 4270. The highest BCUT2D eigenvalue weighted by molar-refractivity contribution is 6.24. The minimum atomic E-state index is 0.729. The third kappa shape index (κ3) is 7.25. The molecule has 8 nitrogen and oxygen atoms in total. The Kier molecular flexibility index (Phi) is 10.7. The van der Waals surface area contributed by atoms with Crippen LogP contribution in [0.3, 0.4) is 0 Å². The fourth-order valence-corrected chi connectivity index (χ4v) is 13.2. The van der Waals surface area contributed by atoms with Crippen LogP contribution in [-0.4, -0.2) is 39.9 Å². The molecule has 0 unspecified atom stereocenters. The zero-order chi connectivity index (χ0) is 52.6. The average molecular weight is 987 g/mol. The van der Waals surface area contributed by atoms with Crippen LogP contribution in [0, 0.1) is 83.1 Å². The van der Waals surface area contributed by atoms with Crippen molar-refractivity contribution in [2.75, 3.05) is 0 Å². The molecule has 8 bridgehead atoms. The van der Waals surface area contributed by atoms with E-state index in [1.807, 2.05) is 24.5 Å². The SMILES string of the molecule is Cc1cc(C)c(-c2c3nc(c(-c4c(C)cc(C)cc4C)c4[nH]c(c(-c5c(C)cc(C)cc5C)c5nc(c(-c6c(C)cc(C)cc6C)c6ccc2[nH]6)C=C5)c2nc5c6cccnc6c6ncccc6c5nc42)C=C3)c(C)c1. The summed E-state index contributed by atoms with van der Waals surface area (Å²) in [7, 11) is 0. The van der Waals surface area contributed by atoms with Crippen molar-refractivity contribution < 1.29 is 0 Å². The number of nitrogens with one attached hydrogen (secondary N) is 2. The lowest BCUT2D eigenvalue weighted by Gasteiger charge is -2.15. The Morgan fingerprint density at radius 1 is 0.289 bits per heavy atom. The molecular formula is C68H58N8. The zero-order valence-corrected chi connectivity index (χ0v) is 45.2. The van der Waals surface area contributed by atoms with Gasteiger partial charge in [-0.05, 0) is 211 Å².